The van der Waals surface area contributed by atoms with Crippen molar-refractivity contribution in [1.82, 2.24) is 9.97 Å². The van der Waals surface area contributed by atoms with Gasteiger partial charge in [0.25, 0.3) is 0 Å². The normalized spacial score (nSPS) is 11.0. The summed E-state index contributed by atoms with van der Waals surface area (Å²) in [5.41, 5.74) is 3.46. The number of carboxylic acids is 1. The molecule has 0 unspecified atom stereocenters. The van der Waals surface area contributed by atoms with Crippen molar-refractivity contribution in [3.05, 3.63) is 52.8 Å². The lowest BCUT2D eigenvalue weighted by atomic mass is 10.1. The molecule has 3 aromatic rings. The molecule has 0 aliphatic carbocycles. The van der Waals surface area contributed by atoms with Gasteiger partial charge in [-0.15, -0.1) is 0 Å². The van der Waals surface area contributed by atoms with Gasteiger partial charge in [0.1, 0.15) is 17.2 Å². The zero-order valence-corrected chi connectivity index (χ0v) is 11.6. The highest BCUT2D eigenvalue weighted by Gasteiger charge is 2.16. The molecule has 0 spiro atoms. The summed E-state index contributed by atoms with van der Waals surface area (Å²) in [6.07, 6.45) is 0. The molecule has 2 N–H and O–H groups in total. The van der Waals surface area contributed by atoms with E-state index in [-0.39, 0.29) is 11.1 Å². The number of benzene rings is 2. The van der Waals surface area contributed by atoms with Gasteiger partial charge in [-0.3, -0.25) is 0 Å². The third kappa shape index (κ3) is 2.27. The summed E-state index contributed by atoms with van der Waals surface area (Å²) < 4.78 is 13.5. The zero-order chi connectivity index (χ0) is 15.1. The van der Waals surface area contributed by atoms with Crippen molar-refractivity contribution in [2.75, 3.05) is 0 Å². The van der Waals surface area contributed by atoms with Gasteiger partial charge in [-0.25, -0.2) is 14.2 Å². The molecule has 0 aliphatic heterocycles. The molecule has 1 aromatic heterocycles. The average Bonchev–Trinajstić information content (AvgIpc) is 2.83. The van der Waals surface area contributed by atoms with Crippen LogP contribution in [0.1, 0.15) is 21.5 Å². The van der Waals surface area contributed by atoms with Crippen LogP contribution < -0.4 is 0 Å². The van der Waals surface area contributed by atoms with Gasteiger partial charge in [0.2, 0.25) is 0 Å². The number of aromatic nitrogens is 2. The summed E-state index contributed by atoms with van der Waals surface area (Å²) >= 11 is 0. The van der Waals surface area contributed by atoms with E-state index in [1.807, 2.05) is 32.0 Å². The summed E-state index contributed by atoms with van der Waals surface area (Å²) in [6.45, 7) is 3.91. The number of fused-ring (bicyclic) bond motifs is 1. The number of nitrogens with zero attached hydrogens (tertiary/aromatic N) is 1. The van der Waals surface area contributed by atoms with Crippen LogP contribution in [-0.2, 0) is 0 Å². The number of nitrogens with one attached hydrogen (secondary N) is 1. The Kier molecular flexibility index (Phi) is 2.97. The molecule has 106 valence electrons. The molecule has 0 radical (unpaired) electrons. The first kappa shape index (κ1) is 13.3. The lowest BCUT2D eigenvalue weighted by Crippen LogP contribution is -1.98. The largest absolute Gasteiger partial charge is 0.478 e. The maximum absolute atomic E-state index is 13.5. The number of aromatic carboxylic acids is 1. The van der Waals surface area contributed by atoms with Crippen LogP contribution in [0.4, 0.5) is 4.39 Å². The second-order valence-corrected chi connectivity index (χ2v) is 5.06. The average molecular weight is 284 g/mol. The van der Waals surface area contributed by atoms with E-state index in [2.05, 4.69) is 9.97 Å². The molecular formula is C16H13FN2O2. The first-order valence-corrected chi connectivity index (χ1v) is 6.46. The van der Waals surface area contributed by atoms with Gasteiger partial charge < -0.3 is 10.1 Å². The van der Waals surface area contributed by atoms with E-state index in [0.717, 1.165) is 22.8 Å². The number of H-pyrrole nitrogens is 1. The van der Waals surface area contributed by atoms with Crippen molar-refractivity contribution in [2.24, 2.45) is 0 Å². The monoisotopic (exact) mass is 284 g/mol. The summed E-state index contributed by atoms with van der Waals surface area (Å²) in [6, 6.07) is 8.16. The van der Waals surface area contributed by atoms with Crippen LogP contribution in [-0.4, -0.2) is 21.0 Å². The molecule has 2 aromatic carbocycles. The second-order valence-electron chi connectivity index (χ2n) is 5.06. The van der Waals surface area contributed by atoms with E-state index in [0.29, 0.717) is 11.3 Å². The molecule has 3 rings (SSSR count). The van der Waals surface area contributed by atoms with Crippen LogP contribution in [0.25, 0.3) is 22.4 Å². The maximum Gasteiger partial charge on any atom is 0.338 e. The lowest BCUT2D eigenvalue weighted by molar-refractivity contribution is 0.0698. The molecule has 4 nitrogen and oxygen atoms in total. The number of halogens is 1. The smallest absolute Gasteiger partial charge is 0.338 e. The standard InChI is InChI=1S/C16H13FN2O2/c1-8-3-4-9(2)11(5-8)15-18-13-7-10(17)6-12(16(20)21)14(13)19-15/h3-7H,1-2H3,(H,18,19)(H,20,21). The van der Waals surface area contributed by atoms with Gasteiger partial charge in [0.15, 0.2) is 0 Å². The fraction of sp³-hybridized carbons (Fsp3) is 0.125. The van der Waals surface area contributed by atoms with Gasteiger partial charge in [0.05, 0.1) is 11.1 Å². The highest BCUT2D eigenvalue weighted by atomic mass is 19.1. The van der Waals surface area contributed by atoms with E-state index >= 15 is 0 Å². The molecule has 1 heterocycles. The molecular weight excluding hydrogens is 271 g/mol. The first-order valence-electron chi connectivity index (χ1n) is 6.46. The number of carboxylic acid groups (broad SMARTS) is 1. The molecule has 0 bridgehead atoms. The van der Waals surface area contributed by atoms with E-state index in [1.54, 1.807) is 0 Å². The second kappa shape index (κ2) is 4.70. The van der Waals surface area contributed by atoms with Crippen LogP contribution in [0.15, 0.2) is 30.3 Å². The summed E-state index contributed by atoms with van der Waals surface area (Å²) in [5, 5.41) is 9.17. The van der Waals surface area contributed by atoms with Crippen molar-refractivity contribution in [3.8, 4) is 11.4 Å². The third-order valence-electron chi connectivity index (χ3n) is 3.43. The van der Waals surface area contributed by atoms with Gasteiger partial charge in [0, 0.05) is 5.56 Å². The SMILES string of the molecule is Cc1ccc(C)c(-c2nc3c(C(=O)O)cc(F)cc3[nH]2)c1. The van der Waals surface area contributed by atoms with Crippen molar-refractivity contribution in [2.45, 2.75) is 13.8 Å². The Morgan fingerprint density at radius 2 is 2.00 bits per heavy atom. The van der Waals surface area contributed by atoms with Crippen LogP contribution in [0, 0.1) is 19.7 Å². The summed E-state index contributed by atoms with van der Waals surface area (Å²) in [7, 11) is 0. The van der Waals surface area contributed by atoms with Crippen molar-refractivity contribution in [1.29, 1.82) is 0 Å². The van der Waals surface area contributed by atoms with Crippen molar-refractivity contribution >= 4 is 17.0 Å². The van der Waals surface area contributed by atoms with Crippen LogP contribution in [0.3, 0.4) is 0 Å². The molecule has 0 fully saturated rings. The third-order valence-corrected chi connectivity index (χ3v) is 3.43. The highest BCUT2D eigenvalue weighted by Crippen LogP contribution is 2.26. The minimum Gasteiger partial charge on any atom is -0.478 e. The molecule has 0 atom stereocenters. The Hall–Kier alpha value is -2.69. The Bertz CT molecular complexity index is 868. The molecule has 0 saturated carbocycles. The Labute approximate surface area is 120 Å². The first-order chi connectivity index (χ1) is 9.95. The lowest BCUT2D eigenvalue weighted by Gasteiger charge is -2.03. The van der Waals surface area contributed by atoms with Crippen molar-refractivity contribution in [3.63, 3.8) is 0 Å². The van der Waals surface area contributed by atoms with E-state index in [9.17, 15) is 9.18 Å². The molecule has 21 heavy (non-hydrogen) atoms. The topological polar surface area (TPSA) is 66.0 Å². The number of aromatic amines is 1. The van der Waals surface area contributed by atoms with E-state index in [1.165, 1.54) is 6.07 Å². The van der Waals surface area contributed by atoms with Crippen molar-refractivity contribution < 1.29 is 14.3 Å². The predicted molar refractivity (Wildman–Crippen MR) is 77.9 cm³/mol. The predicted octanol–water partition coefficient (Wildman–Crippen LogP) is 3.68. The fourth-order valence-corrected chi connectivity index (χ4v) is 2.36. The van der Waals surface area contributed by atoms with Gasteiger partial charge >= 0.3 is 5.97 Å². The fourth-order valence-electron chi connectivity index (χ4n) is 2.36. The minimum absolute atomic E-state index is 0.141. The molecule has 5 heteroatoms. The maximum atomic E-state index is 13.5. The summed E-state index contributed by atoms with van der Waals surface area (Å²) in [5.74, 6) is -1.26. The highest BCUT2D eigenvalue weighted by molar-refractivity contribution is 6.01. The number of carbonyl (C=O) groups is 1. The van der Waals surface area contributed by atoms with Crippen LogP contribution in [0.5, 0.6) is 0 Å². The molecule has 0 amide bonds. The number of hydrogen-bond acceptors (Lipinski definition) is 2. The molecule has 0 aliphatic rings. The quantitative estimate of drug-likeness (QED) is 0.754. The number of rotatable bonds is 2. The van der Waals surface area contributed by atoms with Crippen LogP contribution >= 0.6 is 0 Å². The Morgan fingerprint density at radius 3 is 2.71 bits per heavy atom. The van der Waals surface area contributed by atoms with Gasteiger partial charge in [-0.05, 0) is 37.6 Å². The Balaban J connectivity index is 2.28. The zero-order valence-electron chi connectivity index (χ0n) is 11.6. The molecule has 0 saturated heterocycles. The minimum atomic E-state index is -1.20. The Morgan fingerprint density at radius 1 is 1.24 bits per heavy atom. The number of imidazole rings is 1. The van der Waals surface area contributed by atoms with Gasteiger partial charge in [-0.2, -0.15) is 0 Å². The summed E-state index contributed by atoms with van der Waals surface area (Å²) in [4.78, 5) is 18.6. The number of aryl methyl sites for hydroxylation is 2. The number of hydrogen-bond donors (Lipinski definition) is 2. The van der Waals surface area contributed by atoms with Crippen LogP contribution in [0.2, 0.25) is 0 Å². The van der Waals surface area contributed by atoms with E-state index in [4.69, 9.17) is 5.11 Å². The van der Waals surface area contributed by atoms with Gasteiger partial charge in [-0.1, -0.05) is 17.7 Å². The van der Waals surface area contributed by atoms with E-state index < -0.39 is 11.8 Å².